The Labute approximate surface area is 136 Å². The second-order valence-electron chi connectivity index (χ2n) is 4.98. The number of para-hydroxylation sites is 1. The summed E-state index contributed by atoms with van der Waals surface area (Å²) < 4.78 is 0. The first-order valence-corrected chi connectivity index (χ1v) is 7.21. The normalized spacial score (nSPS) is 17.0. The van der Waals surface area contributed by atoms with Crippen LogP contribution in [-0.4, -0.2) is 11.0 Å². The lowest BCUT2D eigenvalue weighted by molar-refractivity contribution is -0.385. The van der Waals surface area contributed by atoms with E-state index in [1.54, 1.807) is 48.5 Å². The molecule has 23 heavy (non-hydrogen) atoms. The first kappa shape index (κ1) is 15.1. The summed E-state index contributed by atoms with van der Waals surface area (Å²) in [5, 5.41) is 17.1. The topological polar surface area (TPSA) is 84.3 Å². The largest absolute Gasteiger partial charge is 0.327 e. The summed E-state index contributed by atoms with van der Waals surface area (Å²) in [6, 6.07) is 12.3. The molecule has 2 aromatic rings. The molecule has 0 saturated carbocycles. The third-order valence-corrected chi connectivity index (χ3v) is 3.74. The van der Waals surface area contributed by atoms with E-state index >= 15 is 0 Å². The Morgan fingerprint density at radius 2 is 1.78 bits per heavy atom. The number of nitrogens with zero attached hydrogens (tertiary/aromatic N) is 1. The summed E-state index contributed by atoms with van der Waals surface area (Å²) in [6.45, 7) is 0. The van der Waals surface area contributed by atoms with Gasteiger partial charge in [0.1, 0.15) is 0 Å². The van der Waals surface area contributed by atoms with Crippen molar-refractivity contribution in [2.75, 3.05) is 0 Å². The Kier molecular flexibility index (Phi) is 3.99. The van der Waals surface area contributed by atoms with Crippen LogP contribution < -0.4 is 10.6 Å². The Morgan fingerprint density at radius 3 is 2.48 bits per heavy atom. The van der Waals surface area contributed by atoms with Gasteiger partial charge in [-0.15, -0.1) is 0 Å². The monoisotopic (exact) mass is 329 g/mol. The molecule has 0 aliphatic carbocycles. The van der Waals surface area contributed by atoms with Crippen LogP contribution in [0.4, 0.5) is 10.5 Å². The summed E-state index contributed by atoms with van der Waals surface area (Å²) >= 11 is 5.87. The number of rotatable bonds is 3. The second kappa shape index (κ2) is 6.10. The van der Waals surface area contributed by atoms with Gasteiger partial charge in [0.15, 0.2) is 0 Å². The van der Waals surface area contributed by atoms with Crippen molar-refractivity contribution in [1.29, 1.82) is 0 Å². The van der Waals surface area contributed by atoms with Crippen molar-refractivity contribution in [3.63, 3.8) is 0 Å². The molecule has 2 amide bonds. The van der Waals surface area contributed by atoms with Crippen molar-refractivity contribution in [3.8, 4) is 0 Å². The highest BCUT2D eigenvalue weighted by Crippen LogP contribution is 2.29. The van der Waals surface area contributed by atoms with Crippen molar-refractivity contribution >= 4 is 29.0 Å². The number of carbonyl (C=O) groups is 1. The van der Waals surface area contributed by atoms with Crippen LogP contribution in [0.15, 0.2) is 54.6 Å². The van der Waals surface area contributed by atoms with Crippen LogP contribution in [0, 0.1) is 10.1 Å². The van der Waals surface area contributed by atoms with Crippen LogP contribution in [0.5, 0.6) is 0 Å². The van der Waals surface area contributed by atoms with Crippen molar-refractivity contribution in [3.05, 3.63) is 80.9 Å². The van der Waals surface area contributed by atoms with E-state index in [1.165, 1.54) is 6.07 Å². The minimum absolute atomic E-state index is 0.0357. The molecule has 0 fully saturated rings. The fourth-order valence-electron chi connectivity index (χ4n) is 2.43. The average molecular weight is 330 g/mol. The van der Waals surface area contributed by atoms with Crippen molar-refractivity contribution in [1.82, 2.24) is 10.6 Å². The number of benzene rings is 2. The number of halogens is 1. The van der Waals surface area contributed by atoms with Crippen LogP contribution in [0.3, 0.4) is 0 Å². The highest BCUT2D eigenvalue weighted by molar-refractivity contribution is 6.30. The van der Waals surface area contributed by atoms with Crippen LogP contribution in [0.1, 0.15) is 17.2 Å². The summed E-state index contributed by atoms with van der Waals surface area (Å²) in [6.07, 6.45) is 1.74. The zero-order valence-electron chi connectivity index (χ0n) is 11.8. The van der Waals surface area contributed by atoms with E-state index in [2.05, 4.69) is 10.6 Å². The van der Waals surface area contributed by atoms with Gasteiger partial charge in [0.2, 0.25) is 0 Å². The molecule has 1 aliphatic rings. The molecule has 0 bridgehead atoms. The SMILES string of the molecule is O=C1NC(c2ccc(Cl)cc2)=CC(c2ccccc2[N+](=O)[O-])N1. The summed E-state index contributed by atoms with van der Waals surface area (Å²) in [5.41, 5.74) is 1.74. The molecule has 1 atom stereocenters. The lowest BCUT2D eigenvalue weighted by atomic mass is 10.00. The highest BCUT2D eigenvalue weighted by atomic mass is 35.5. The fraction of sp³-hybridized carbons (Fsp3) is 0.0625. The zero-order chi connectivity index (χ0) is 16.4. The van der Waals surface area contributed by atoms with Crippen LogP contribution in [-0.2, 0) is 0 Å². The number of nitrogens with one attached hydrogen (secondary N) is 2. The second-order valence-corrected chi connectivity index (χ2v) is 5.42. The maximum atomic E-state index is 11.9. The van der Waals surface area contributed by atoms with Gasteiger partial charge in [0, 0.05) is 16.8 Å². The lowest BCUT2D eigenvalue weighted by Gasteiger charge is -2.24. The number of nitro groups is 1. The molecule has 6 nitrogen and oxygen atoms in total. The first-order valence-electron chi connectivity index (χ1n) is 6.83. The number of carbonyl (C=O) groups excluding carboxylic acids is 1. The van der Waals surface area contributed by atoms with Gasteiger partial charge in [-0.1, -0.05) is 35.9 Å². The summed E-state index contributed by atoms with van der Waals surface area (Å²) in [5.74, 6) is 0. The first-order chi connectivity index (χ1) is 11.0. The predicted molar refractivity (Wildman–Crippen MR) is 86.9 cm³/mol. The summed E-state index contributed by atoms with van der Waals surface area (Å²) in [7, 11) is 0. The fourth-order valence-corrected chi connectivity index (χ4v) is 2.56. The third-order valence-electron chi connectivity index (χ3n) is 3.49. The number of hydrogen-bond acceptors (Lipinski definition) is 3. The number of hydrogen-bond donors (Lipinski definition) is 2. The molecule has 7 heteroatoms. The molecule has 0 radical (unpaired) electrons. The Hall–Kier alpha value is -2.86. The van der Waals surface area contributed by atoms with Crippen LogP contribution in [0.2, 0.25) is 5.02 Å². The minimum atomic E-state index is -0.587. The van der Waals surface area contributed by atoms with Crippen molar-refractivity contribution < 1.29 is 9.72 Å². The standard InChI is InChI=1S/C16H12ClN3O3/c17-11-7-5-10(6-8-11)13-9-14(19-16(21)18-13)12-3-1-2-4-15(12)20(22)23/h1-9,14H,(H2,18,19,21). The van der Waals surface area contributed by atoms with E-state index in [-0.39, 0.29) is 5.69 Å². The number of urea groups is 1. The molecule has 116 valence electrons. The average Bonchev–Trinajstić information content (AvgIpc) is 2.55. The van der Waals surface area contributed by atoms with Gasteiger partial charge in [0.05, 0.1) is 16.5 Å². The van der Waals surface area contributed by atoms with Gasteiger partial charge in [-0.05, 0) is 29.8 Å². The Bertz CT molecular complexity index is 802. The maximum absolute atomic E-state index is 11.9. The Morgan fingerprint density at radius 1 is 1.09 bits per heavy atom. The zero-order valence-corrected chi connectivity index (χ0v) is 12.6. The molecule has 0 saturated heterocycles. The minimum Gasteiger partial charge on any atom is -0.327 e. The summed E-state index contributed by atoms with van der Waals surface area (Å²) in [4.78, 5) is 22.6. The molecule has 0 spiro atoms. The van der Waals surface area contributed by atoms with E-state index in [0.717, 1.165) is 5.56 Å². The highest BCUT2D eigenvalue weighted by Gasteiger charge is 2.26. The van der Waals surface area contributed by atoms with Crippen molar-refractivity contribution in [2.24, 2.45) is 0 Å². The predicted octanol–water partition coefficient (Wildman–Crippen LogP) is 3.64. The van der Waals surface area contributed by atoms with Gasteiger partial charge in [-0.25, -0.2) is 4.79 Å². The molecule has 3 rings (SSSR count). The molecule has 1 heterocycles. The van der Waals surface area contributed by atoms with E-state index in [9.17, 15) is 14.9 Å². The van der Waals surface area contributed by atoms with E-state index in [1.807, 2.05) is 0 Å². The third kappa shape index (κ3) is 3.17. The van der Waals surface area contributed by atoms with E-state index in [0.29, 0.717) is 16.3 Å². The van der Waals surface area contributed by atoms with Crippen molar-refractivity contribution in [2.45, 2.75) is 6.04 Å². The molecule has 1 unspecified atom stereocenters. The van der Waals surface area contributed by atoms with Gasteiger partial charge in [0.25, 0.3) is 5.69 Å². The van der Waals surface area contributed by atoms with E-state index < -0.39 is 17.0 Å². The molecule has 1 aliphatic heterocycles. The van der Waals surface area contributed by atoms with Gasteiger partial charge in [-0.3, -0.25) is 10.1 Å². The van der Waals surface area contributed by atoms with Gasteiger partial charge in [-0.2, -0.15) is 0 Å². The van der Waals surface area contributed by atoms with Gasteiger partial charge < -0.3 is 10.6 Å². The molecular formula is C16H12ClN3O3. The number of amides is 2. The molecule has 2 aromatic carbocycles. The number of nitro benzene ring substituents is 1. The Balaban J connectivity index is 2.03. The van der Waals surface area contributed by atoms with Gasteiger partial charge >= 0.3 is 6.03 Å². The smallest absolute Gasteiger partial charge is 0.319 e. The quantitative estimate of drug-likeness (QED) is 0.666. The maximum Gasteiger partial charge on any atom is 0.319 e. The lowest BCUT2D eigenvalue weighted by Crippen LogP contribution is -2.40. The molecule has 2 N–H and O–H groups in total. The van der Waals surface area contributed by atoms with Crippen LogP contribution >= 0.6 is 11.6 Å². The molecule has 0 aromatic heterocycles. The molecular weight excluding hydrogens is 318 g/mol. The van der Waals surface area contributed by atoms with E-state index in [4.69, 9.17) is 11.6 Å². The van der Waals surface area contributed by atoms with Crippen LogP contribution in [0.25, 0.3) is 5.70 Å².